The first-order valence-corrected chi connectivity index (χ1v) is 12.4. The molecule has 0 aliphatic heterocycles. The topological polar surface area (TPSA) is 76.4 Å². The first-order chi connectivity index (χ1) is 18.1. The molecular formula is C30H25N3O3S. The molecule has 5 rings (SSSR count). The molecule has 0 bridgehead atoms. The van der Waals surface area contributed by atoms with Crippen LogP contribution in [0.2, 0.25) is 0 Å². The Morgan fingerprint density at radius 2 is 1.59 bits per heavy atom. The Morgan fingerprint density at radius 3 is 2.32 bits per heavy atom. The zero-order valence-corrected chi connectivity index (χ0v) is 21.0. The van der Waals surface area contributed by atoms with Crippen LogP contribution in [0.1, 0.15) is 23.7 Å². The van der Waals surface area contributed by atoms with Crippen LogP contribution in [0.5, 0.6) is 5.75 Å². The maximum absolute atomic E-state index is 12.6. The van der Waals surface area contributed by atoms with Gasteiger partial charge in [-0.25, -0.2) is 4.98 Å². The molecule has 37 heavy (non-hydrogen) atoms. The quantitative estimate of drug-likeness (QED) is 0.229. The molecule has 4 aromatic carbocycles. The second-order valence-electron chi connectivity index (χ2n) is 8.43. The lowest BCUT2D eigenvalue weighted by atomic mass is 10.0. The van der Waals surface area contributed by atoms with Gasteiger partial charge in [-0.05, 0) is 84.4 Å². The van der Waals surface area contributed by atoms with Crippen molar-refractivity contribution in [2.45, 2.75) is 13.3 Å². The minimum atomic E-state index is -0.303. The summed E-state index contributed by atoms with van der Waals surface area (Å²) in [6, 6.07) is 30.8. The number of nitrogens with zero attached hydrogens (tertiary/aromatic N) is 1. The van der Waals surface area contributed by atoms with E-state index in [-0.39, 0.29) is 11.0 Å². The van der Waals surface area contributed by atoms with E-state index in [1.54, 1.807) is 24.3 Å². The Kier molecular flexibility index (Phi) is 7.23. The van der Waals surface area contributed by atoms with Gasteiger partial charge in [0.2, 0.25) is 5.89 Å². The lowest BCUT2D eigenvalue weighted by Crippen LogP contribution is -2.34. The molecule has 0 radical (unpaired) electrons. The molecule has 0 saturated carbocycles. The van der Waals surface area contributed by atoms with Gasteiger partial charge >= 0.3 is 0 Å². The molecule has 6 nitrogen and oxygen atoms in total. The number of thiocarbonyl (C=S) groups is 1. The van der Waals surface area contributed by atoms with Gasteiger partial charge in [-0.15, -0.1) is 0 Å². The number of nitrogens with one attached hydrogen (secondary N) is 2. The number of fused-ring (bicyclic) bond motifs is 1. The Balaban J connectivity index is 1.24. The van der Waals surface area contributed by atoms with Gasteiger partial charge in [-0.1, -0.05) is 49.4 Å². The van der Waals surface area contributed by atoms with E-state index in [0.717, 1.165) is 28.9 Å². The van der Waals surface area contributed by atoms with E-state index < -0.39 is 0 Å². The standard InChI is InChI=1S/C30H25N3O3S/c1-2-18-35-25-15-12-22(13-16-25)28(34)33-30(37)31-24-14-17-27-26(19-24)32-29(36-27)23-10-8-21(9-11-23)20-6-4-3-5-7-20/h3-17,19H,2,18H2,1H3,(H2,31,33,34,37). The number of benzene rings is 4. The van der Waals surface area contributed by atoms with Crippen LogP contribution in [0.15, 0.2) is 101 Å². The predicted molar refractivity (Wildman–Crippen MR) is 151 cm³/mol. The summed E-state index contributed by atoms with van der Waals surface area (Å²) < 4.78 is 11.5. The van der Waals surface area contributed by atoms with Gasteiger partial charge < -0.3 is 14.5 Å². The van der Waals surface area contributed by atoms with Gasteiger partial charge in [0, 0.05) is 16.8 Å². The molecule has 7 heteroatoms. The molecule has 0 aliphatic carbocycles. The van der Waals surface area contributed by atoms with Crippen LogP contribution in [-0.4, -0.2) is 22.6 Å². The van der Waals surface area contributed by atoms with Gasteiger partial charge in [0.15, 0.2) is 10.7 Å². The Bertz CT molecular complexity index is 1530. The zero-order valence-electron chi connectivity index (χ0n) is 20.2. The number of amides is 1. The maximum atomic E-state index is 12.6. The van der Waals surface area contributed by atoms with Crippen LogP contribution >= 0.6 is 12.2 Å². The van der Waals surface area contributed by atoms with E-state index in [1.807, 2.05) is 55.5 Å². The molecule has 5 aromatic rings. The first kappa shape index (κ1) is 24.2. The molecule has 0 fully saturated rings. The van der Waals surface area contributed by atoms with E-state index in [0.29, 0.717) is 34.8 Å². The second-order valence-corrected chi connectivity index (χ2v) is 8.83. The van der Waals surface area contributed by atoms with Crippen LogP contribution in [0.25, 0.3) is 33.7 Å². The number of carbonyl (C=O) groups is 1. The Labute approximate surface area is 220 Å². The molecule has 0 aliphatic rings. The lowest BCUT2D eigenvalue weighted by molar-refractivity contribution is 0.0977. The van der Waals surface area contributed by atoms with Gasteiger partial charge in [0.1, 0.15) is 11.3 Å². The maximum Gasteiger partial charge on any atom is 0.257 e. The lowest BCUT2D eigenvalue weighted by Gasteiger charge is -2.10. The minimum absolute atomic E-state index is 0.191. The van der Waals surface area contributed by atoms with Crippen molar-refractivity contribution in [3.05, 3.63) is 103 Å². The number of hydrogen-bond acceptors (Lipinski definition) is 5. The molecule has 184 valence electrons. The molecule has 0 atom stereocenters. The summed E-state index contributed by atoms with van der Waals surface area (Å²) in [7, 11) is 0. The van der Waals surface area contributed by atoms with E-state index >= 15 is 0 Å². The van der Waals surface area contributed by atoms with Gasteiger partial charge in [-0.3, -0.25) is 10.1 Å². The van der Waals surface area contributed by atoms with E-state index in [2.05, 4.69) is 39.9 Å². The molecule has 1 heterocycles. The average Bonchev–Trinajstić information content (AvgIpc) is 3.36. The molecule has 0 saturated heterocycles. The summed E-state index contributed by atoms with van der Waals surface area (Å²) in [6.07, 6.45) is 0.922. The van der Waals surface area contributed by atoms with Crippen molar-refractivity contribution in [1.29, 1.82) is 0 Å². The highest BCUT2D eigenvalue weighted by molar-refractivity contribution is 7.80. The highest BCUT2D eigenvalue weighted by Crippen LogP contribution is 2.28. The van der Waals surface area contributed by atoms with E-state index in [4.69, 9.17) is 21.4 Å². The average molecular weight is 508 g/mol. The van der Waals surface area contributed by atoms with Crippen molar-refractivity contribution in [3.63, 3.8) is 0 Å². The van der Waals surface area contributed by atoms with Crippen molar-refractivity contribution in [2.24, 2.45) is 0 Å². The van der Waals surface area contributed by atoms with Crippen LogP contribution in [-0.2, 0) is 0 Å². The molecule has 0 unspecified atom stereocenters. The summed E-state index contributed by atoms with van der Waals surface area (Å²) in [5.74, 6) is 0.962. The highest BCUT2D eigenvalue weighted by atomic mass is 32.1. The van der Waals surface area contributed by atoms with Crippen LogP contribution in [0, 0.1) is 0 Å². The van der Waals surface area contributed by atoms with Crippen molar-refractivity contribution in [1.82, 2.24) is 10.3 Å². The van der Waals surface area contributed by atoms with Crippen molar-refractivity contribution in [2.75, 3.05) is 11.9 Å². The number of ether oxygens (including phenoxy) is 1. The smallest absolute Gasteiger partial charge is 0.257 e. The van der Waals surface area contributed by atoms with Gasteiger partial charge in [0.05, 0.1) is 6.61 Å². The summed E-state index contributed by atoms with van der Waals surface area (Å²) >= 11 is 5.34. The molecular weight excluding hydrogens is 482 g/mol. The number of hydrogen-bond donors (Lipinski definition) is 2. The predicted octanol–water partition coefficient (Wildman–Crippen LogP) is 7.08. The normalized spacial score (nSPS) is 10.7. The van der Waals surface area contributed by atoms with E-state index in [9.17, 15) is 4.79 Å². The first-order valence-electron chi connectivity index (χ1n) is 12.0. The SMILES string of the molecule is CCCOc1ccc(C(=O)NC(=S)Nc2ccc3oc(-c4ccc(-c5ccccc5)cc4)nc3c2)cc1. The number of anilines is 1. The number of carbonyl (C=O) groups excluding carboxylic acids is 1. The Hall–Kier alpha value is -4.49. The zero-order chi connectivity index (χ0) is 25.6. The molecule has 2 N–H and O–H groups in total. The number of oxazole rings is 1. The largest absolute Gasteiger partial charge is 0.494 e. The number of aromatic nitrogens is 1. The highest BCUT2D eigenvalue weighted by Gasteiger charge is 2.12. The van der Waals surface area contributed by atoms with Crippen LogP contribution in [0.3, 0.4) is 0 Å². The summed E-state index contributed by atoms with van der Waals surface area (Å²) in [5, 5.41) is 5.93. The monoisotopic (exact) mass is 507 g/mol. The number of rotatable bonds is 7. The molecule has 1 aromatic heterocycles. The fourth-order valence-corrected chi connectivity index (χ4v) is 4.04. The van der Waals surface area contributed by atoms with Crippen molar-refractivity contribution in [3.8, 4) is 28.3 Å². The fourth-order valence-electron chi connectivity index (χ4n) is 3.82. The minimum Gasteiger partial charge on any atom is -0.494 e. The van der Waals surface area contributed by atoms with Crippen LogP contribution in [0.4, 0.5) is 5.69 Å². The summed E-state index contributed by atoms with van der Waals surface area (Å²) in [4.78, 5) is 17.2. The third-order valence-corrected chi connectivity index (χ3v) is 5.90. The molecule has 0 spiro atoms. The summed E-state index contributed by atoms with van der Waals surface area (Å²) in [5.41, 5.74) is 5.70. The second kappa shape index (κ2) is 11.1. The van der Waals surface area contributed by atoms with Crippen molar-refractivity contribution >= 4 is 40.0 Å². The van der Waals surface area contributed by atoms with Crippen molar-refractivity contribution < 1.29 is 13.9 Å². The Morgan fingerprint density at radius 1 is 0.892 bits per heavy atom. The van der Waals surface area contributed by atoms with Gasteiger partial charge in [-0.2, -0.15) is 0 Å². The van der Waals surface area contributed by atoms with E-state index in [1.165, 1.54) is 0 Å². The van der Waals surface area contributed by atoms with Gasteiger partial charge in [0.25, 0.3) is 5.91 Å². The third kappa shape index (κ3) is 5.85. The molecule has 1 amide bonds. The summed E-state index contributed by atoms with van der Waals surface area (Å²) in [6.45, 7) is 2.68. The van der Waals surface area contributed by atoms with Crippen LogP contribution < -0.4 is 15.4 Å². The fraction of sp³-hybridized carbons (Fsp3) is 0.100. The third-order valence-electron chi connectivity index (χ3n) is 5.70.